The molecule has 1 unspecified atom stereocenters. The van der Waals surface area contributed by atoms with Crippen molar-refractivity contribution in [1.29, 1.82) is 0 Å². The monoisotopic (exact) mass is 370 g/mol. The normalized spacial score (nSPS) is 18.9. The Hall–Kier alpha value is -3.09. The number of para-hydroxylation sites is 2. The summed E-state index contributed by atoms with van der Waals surface area (Å²) < 4.78 is 24.7. The zero-order valence-corrected chi connectivity index (χ0v) is 14.6. The number of amides is 2. The van der Waals surface area contributed by atoms with Gasteiger partial charge in [0.15, 0.2) is 11.5 Å². The van der Waals surface area contributed by atoms with Crippen LogP contribution in [-0.2, 0) is 4.79 Å². The van der Waals surface area contributed by atoms with E-state index in [1.807, 2.05) is 12.1 Å². The molecule has 2 aliphatic heterocycles. The van der Waals surface area contributed by atoms with Crippen LogP contribution in [0.3, 0.4) is 0 Å². The molecular formula is C20H19FN2O4. The lowest BCUT2D eigenvalue weighted by molar-refractivity contribution is -0.142. The summed E-state index contributed by atoms with van der Waals surface area (Å²) in [4.78, 5) is 28.5. The van der Waals surface area contributed by atoms with Crippen LogP contribution < -0.4 is 9.47 Å². The standard InChI is InChI=1S/C20H19FN2O4/c21-15-5-3-4-14(12-15)19(24)22-8-10-23(11-9-22)20(25)18-13-26-16-6-1-2-7-17(16)27-18/h1-7,12,18H,8-11,13H2. The molecule has 0 aromatic heterocycles. The van der Waals surface area contributed by atoms with Gasteiger partial charge in [-0.1, -0.05) is 18.2 Å². The van der Waals surface area contributed by atoms with E-state index in [0.29, 0.717) is 43.2 Å². The van der Waals surface area contributed by atoms with Crippen molar-refractivity contribution in [2.24, 2.45) is 0 Å². The van der Waals surface area contributed by atoms with Gasteiger partial charge in [0.25, 0.3) is 11.8 Å². The summed E-state index contributed by atoms with van der Waals surface area (Å²) in [5.74, 6) is 0.369. The first kappa shape index (κ1) is 17.3. The van der Waals surface area contributed by atoms with Crippen molar-refractivity contribution in [3.8, 4) is 11.5 Å². The number of benzene rings is 2. The lowest BCUT2D eigenvalue weighted by Gasteiger charge is -2.37. The van der Waals surface area contributed by atoms with Crippen LogP contribution in [0, 0.1) is 5.82 Å². The minimum atomic E-state index is -0.689. The maximum absolute atomic E-state index is 13.3. The molecule has 0 aliphatic carbocycles. The number of fused-ring (bicyclic) bond motifs is 1. The lowest BCUT2D eigenvalue weighted by atomic mass is 10.1. The number of hydrogen-bond donors (Lipinski definition) is 0. The van der Waals surface area contributed by atoms with Crippen LogP contribution in [0.25, 0.3) is 0 Å². The summed E-state index contributed by atoms with van der Waals surface area (Å²) in [6, 6.07) is 12.9. The van der Waals surface area contributed by atoms with Crippen molar-refractivity contribution < 1.29 is 23.5 Å². The van der Waals surface area contributed by atoms with Crippen LogP contribution in [0.1, 0.15) is 10.4 Å². The Balaban J connectivity index is 1.35. The van der Waals surface area contributed by atoms with Crippen molar-refractivity contribution in [2.45, 2.75) is 6.10 Å². The first-order valence-corrected chi connectivity index (χ1v) is 8.84. The van der Waals surface area contributed by atoms with Crippen LogP contribution in [0.4, 0.5) is 4.39 Å². The summed E-state index contributed by atoms with van der Waals surface area (Å²) in [6.45, 7) is 1.76. The van der Waals surface area contributed by atoms with Gasteiger partial charge in [0.05, 0.1) is 0 Å². The SMILES string of the molecule is O=C(c1cccc(F)c1)N1CCN(C(=O)C2COc3ccccc3O2)CC1. The molecular weight excluding hydrogens is 351 g/mol. The van der Waals surface area contributed by atoms with E-state index in [1.54, 1.807) is 28.0 Å². The predicted molar refractivity (Wildman–Crippen MR) is 95.2 cm³/mol. The third-order valence-corrected chi connectivity index (χ3v) is 4.73. The Morgan fingerprint density at radius 3 is 2.37 bits per heavy atom. The molecule has 2 aromatic carbocycles. The van der Waals surface area contributed by atoms with Gasteiger partial charge < -0.3 is 19.3 Å². The van der Waals surface area contributed by atoms with Crippen LogP contribution in [0.2, 0.25) is 0 Å². The predicted octanol–water partition coefficient (Wildman–Crippen LogP) is 1.95. The fourth-order valence-corrected chi connectivity index (χ4v) is 3.28. The topological polar surface area (TPSA) is 59.1 Å². The molecule has 140 valence electrons. The number of hydrogen-bond acceptors (Lipinski definition) is 4. The molecule has 0 bridgehead atoms. The van der Waals surface area contributed by atoms with Gasteiger partial charge in [-0.3, -0.25) is 9.59 Å². The second-order valence-corrected chi connectivity index (χ2v) is 6.49. The summed E-state index contributed by atoms with van der Waals surface area (Å²) in [5.41, 5.74) is 0.315. The van der Waals surface area contributed by atoms with E-state index in [9.17, 15) is 14.0 Å². The molecule has 2 aromatic rings. The average molecular weight is 370 g/mol. The zero-order valence-electron chi connectivity index (χ0n) is 14.6. The van der Waals surface area contributed by atoms with Gasteiger partial charge >= 0.3 is 0 Å². The second-order valence-electron chi connectivity index (χ2n) is 6.49. The van der Waals surface area contributed by atoms with E-state index in [4.69, 9.17) is 9.47 Å². The van der Waals surface area contributed by atoms with Gasteiger partial charge in [-0.15, -0.1) is 0 Å². The van der Waals surface area contributed by atoms with E-state index >= 15 is 0 Å². The van der Waals surface area contributed by atoms with E-state index in [2.05, 4.69) is 0 Å². The minimum absolute atomic E-state index is 0.151. The van der Waals surface area contributed by atoms with Gasteiger partial charge in [-0.25, -0.2) is 4.39 Å². The molecule has 1 saturated heterocycles. The number of carbonyl (C=O) groups excluding carboxylic acids is 2. The van der Waals surface area contributed by atoms with Gasteiger partial charge in [0.2, 0.25) is 6.10 Å². The summed E-state index contributed by atoms with van der Waals surface area (Å²) in [7, 11) is 0. The third kappa shape index (κ3) is 3.58. The molecule has 1 atom stereocenters. The maximum Gasteiger partial charge on any atom is 0.267 e. The van der Waals surface area contributed by atoms with Crippen molar-refractivity contribution >= 4 is 11.8 Å². The summed E-state index contributed by atoms with van der Waals surface area (Å²) in [5, 5.41) is 0. The molecule has 27 heavy (non-hydrogen) atoms. The highest BCUT2D eigenvalue weighted by molar-refractivity contribution is 5.94. The number of ether oxygens (including phenoxy) is 2. The molecule has 6 nitrogen and oxygen atoms in total. The van der Waals surface area contributed by atoms with Crippen LogP contribution in [-0.4, -0.2) is 60.5 Å². The molecule has 1 fully saturated rings. The highest BCUT2D eigenvalue weighted by Gasteiger charge is 2.33. The molecule has 4 rings (SSSR count). The fraction of sp³-hybridized carbons (Fsp3) is 0.300. The summed E-state index contributed by atoms with van der Waals surface area (Å²) in [6.07, 6.45) is -0.689. The minimum Gasteiger partial charge on any atom is -0.485 e. The number of halogens is 1. The van der Waals surface area contributed by atoms with Crippen molar-refractivity contribution in [1.82, 2.24) is 9.80 Å². The molecule has 2 aliphatic rings. The molecule has 0 N–H and O–H groups in total. The van der Waals surface area contributed by atoms with Crippen LogP contribution in [0.15, 0.2) is 48.5 Å². The van der Waals surface area contributed by atoms with Crippen molar-refractivity contribution in [2.75, 3.05) is 32.8 Å². The Morgan fingerprint density at radius 2 is 1.63 bits per heavy atom. The summed E-state index contributed by atoms with van der Waals surface area (Å²) >= 11 is 0. The van der Waals surface area contributed by atoms with Gasteiger partial charge in [0, 0.05) is 31.7 Å². The average Bonchev–Trinajstić information content (AvgIpc) is 2.72. The highest BCUT2D eigenvalue weighted by atomic mass is 19.1. The van der Waals surface area contributed by atoms with Gasteiger partial charge in [-0.2, -0.15) is 0 Å². The number of rotatable bonds is 2. The van der Waals surface area contributed by atoms with E-state index < -0.39 is 11.9 Å². The quantitative estimate of drug-likeness (QED) is 0.811. The van der Waals surface area contributed by atoms with Crippen LogP contribution in [0.5, 0.6) is 11.5 Å². The third-order valence-electron chi connectivity index (χ3n) is 4.73. The zero-order chi connectivity index (χ0) is 18.8. The molecule has 7 heteroatoms. The Morgan fingerprint density at radius 1 is 0.926 bits per heavy atom. The van der Waals surface area contributed by atoms with Crippen molar-refractivity contribution in [3.05, 3.63) is 59.9 Å². The first-order chi connectivity index (χ1) is 13.1. The molecule has 2 heterocycles. The molecule has 2 amide bonds. The van der Waals surface area contributed by atoms with Crippen LogP contribution >= 0.6 is 0 Å². The second kappa shape index (κ2) is 7.26. The fourth-order valence-electron chi connectivity index (χ4n) is 3.28. The lowest BCUT2D eigenvalue weighted by Crippen LogP contribution is -2.55. The smallest absolute Gasteiger partial charge is 0.267 e. The van der Waals surface area contributed by atoms with E-state index in [1.165, 1.54) is 18.2 Å². The largest absolute Gasteiger partial charge is 0.485 e. The maximum atomic E-state index is 13.3. The van der Waals surface area contributed by atoms with E-state index in [0.717, 1.165) is 0 Å². The molecule has 0 spiro atoms. The van der Waals surface area contributed by atoms with Gasteiger partial charge in [0.1, 0.15) is 12.4 Å². The van der Waals surface area contributed by atoms with Crippen molar-refractivity contribution in [3.63, 3.8) is 0 Å². The molecule has 0 saturated carbocycles. The number of carbonyl (C=O) groups is 2. The molecule has 0 radical (unpaired) electrons. The first-order valence-electron chi connectivity index (χ1n) is 8.84. The Bertz CT molecular complexity index is 865. The number of nitrogens with zero attached hydrogens (tertiary/aromatic N) is 2. The van der Waals surface area contributed by atoms with E-state index in [-0.39, 0.29) is 18.4 Å². The number of piperazine rings is 1. The highest BCUT2D eigenvalue weighted by Crippen LogP contribution is 2.31. The Kier molecular flexibility index (Phi) is 4.66. The Labute approximate surface area is 156 Å². The van der Waals surface area contributed by atoms with Gasteiger partial charge in [-0.05, 0) is 30.3 Å².